The topological polar surface area (TPSA) is 33.2 Å². The van der Waals surface area contributed by atoms with Crippen LogP contribution in [-0.2, 0) is 0 Å². The summed E-state index contributed by atoms with van der Waals surface area (Å²) in [5.41, 5.74) is 3.59. The van der Waals surface area contributed by atoms with Crippen LogP contribution in [0, 0.1) is 6.92 Å². The van der Waals surface area contributed by atoms with Gasteiger partial charge in [-0.05, 0) is 36.5 Å². The average molecular weight is 270 g/mol. The van der Waals surface area contributed by atoms with Gasteiger partial charge in [-0.25, -0.2) is 0 Å². The molecule has 0 bridgehead atoms. The van der Waals surface area contributed by atoms with Crippen LogP contribution < -0.4 is 4.90 Å². The summed E-state index contributed by atoms with van der Waals surface area (Å²) in [6.07, 6.45) is 5.07. The van der Waals surface area contributed by atoms with E-state index in [0.717, 1.165) is 23.4 Å². The quantitative estimate of drug-likeness (QED) is 0.794. The van der Waals surface area contributed by atoms with Crippen LogP contribution in [0.5, 0.6) is 0 Å². The van der Waals surface area contributed by atoms with Gasteiger partial charge in [0.05, 0.1) is 16.9 Å². The second-order valence-corrected chi connectivity index (χ2v) is 5.15. The fourth-order valence-corrected chi connectivity index (χ4v) is 2.95. The molecule has 4 heteroatoms. The molecule has 0 aliphatic carbocycles. The van der Waals surface area contributed by atoms with Crippen molar-refractivity contribution in [3.63, 3.8) is 0 Å². The Bertz CT molecular complexity index is 645. The number of carbonyl (C=O) groups is 1. The number of rotatable bonds is 1. The minimum atomic E-state index is 0.0439. The first kappa shape index (κ1) is 12.1. The van der Waals surface area contributed by atoms with E-state index >= 15 is 0 Å². The van der Waals surface area contributed by atoms with E-state index in [1.54, 1.807) is 0 Å². The third kappa shape index (κ3) is 2.19. The summed E-state index contributed by atoms with van der Waals surface area (Å²) in [6, 6.07) is 8.00. The van der Waals surface area contributed by atoms with Crippen LogP contribution in [0.1, 0.15) is 28.0 Å². The van der Waals surface area contributed by atoms with Crippen LogP contribution in [-0.4, -0.2) is 16.8 Å². The molecular formula is C15H14N2OS. The number of hydrogen-bond donors (Lipinski definition) is 0. The van der Waals surface area contributed by atoms with Gasteiger partial charge in [-0.15, -0.1) is 0 Å². The Kier molecular flexibility index (Phi) is 3.17. The Hall–Kier alpha value is -1.94. The summed E-state index contributed by atoms with van der Waals surface area (Å²) in [6.45, 7) is 2.59. The molecule has 1 aromatic heterocycles. The van der Waals surface area contributed by atoms with Crippen LogP contribution in [0.2, 0.25) is 0 Å². The number of aromatic nitrogens is 1. The molecule has 1 aromatic carbocycles. The largest absolute Gasteiger partial charge is 0.307 e. The third-order valence-corrected chi connectivity index (χ3v) is 3.99. The molecule has 0 atom stereocenters. The van der Waals surface area contributed by atoms with Gasteiger partial charge in [0.15, 0.2) is 0 Å². The molecule has 0 saturated heterocycles. The van der Waals surface area contributed by atoms with E-state index in [-0.39, 0.29) is 5.91 Å². The SMILES string of the molecule is Cc1nscc1C(=O)N1CCC=Cc2ccccc21. The molecule has 96 valence electrons. The summed E-state index contributed by atoms with van der Waals surface area (Å²) < 4.78 is 4.19. The van der Waals surface area contributed by atoms with Gasteiger partial charge in [0.1, 0.15) is 0 Å². The van der Waals surface area contributed by atoms with Gasteiger partial charge >= 0.3 is 0 Å². The molecule has 2 heterocycles. The predicted molar refractivity (Wildman–Crippen MR) is 78.6 cm³/mol. The van der Waals surface area contributed by atoms with E-state index in [2.05, 4.69) is 16.5 Å². The molecular weight excluding hydrogens is 256 g/mol. The Balaban J connectivity index is 2.03. The minimum absolute atomic E-state index is 0.0439. The normalized spacial score (nSPS) is 14.1. The number of hydrogen-bond acceptors (Lipinski definition) is 3. The second-order valence-electron chi connectivity index (χ2n) is 4.52. The molecule has 2 aromatic rings. The standard InChI is InChI=1S/C15H14N2OS/c1-11-13(10-19-16-11)15(18)17-9-5-4-7-12-6-2-3-8-14(12)17/h2-4,6-8,10H,5,9H2,1H3. The number of aryl methyl sites for hydroxylation is 1. The summed E-state index contributed by atoms with van der Waals surface area (Å²) in [4.78, 5) is 14.5. The highest BCUT2D eigenvalue weighted by atomic mass is 32.1. The monoisotopic (exact) mass is 270 g/mol. The summed E-state index contributed by atoms with van der Waals surface area (Å²) >= 11 is 1.33. The molecule has 1 aliphatic heterocycles. The first-order valence-electron chi connectivity index (χ1n) is 6.26. The van der Waals surface area contributed by atoms with Crippen molar-refractivity contribution < 1.29 is 4.79 Å². The van der Waals surface area contributed by atoms with Crippen LogP contribution in [0.15, 0.2) is 35.7 Å². The number of amides is 1. The van der Waals surface area contributed by atoms with E-state index in [9.17, 15) is 4.79 Å². The van der Waals surface area contributed by atoms with Crippen molar-refractivity contribution in [3.8, 4) is 0 Å². The van der Waals surface area contributed by atoms with Gasteiger partial charge < -0.3 is 4.90 Å². The van der Waals surface area contributed by atoms with Gasteiger partial charge in [0, 0.05) is 11.9 Å². The zero-order valence-electron chi connectivity index (χ0n) is 10.7. The maximum Gasteiger partial charge on any atom is 0.261 e. The number of para-hydroxylation sites is 1. The van der Waals surface area contributed by atoms with E-state index in [4.69, 9.17) is 0 Å². The van der Waals surface area contributed by atoms with Gasteiger partial charge in [-0.3, -0.25) is 4.79 Å². The predicted octanol–water partition coefficient (Wildman–Crippen LogP) is 3.52. The molecule has 0 fully saturated rings. The first-order chi connectivity index (χ1) is 9.27. The average Bonchev–Trinajstić information content (AvgIpc) is 2.74. The highest BCUT2D eigenvalue weighted by Crippen LogP contribution is 2.27. The van der Waals surface area contributed by atoms with Crippen molar-refractivity contribution in [2.75, 3.05) is 11.4 Å². The van der Waals surface area contributed by atoms with E-state index in [1.165, 1.54) is 11.5 Å². The highest BCUT2D eigenvalue weighted by Gasteiger charge is 2.22. The van der Waals surface area contributed by atoms with Gasteiger partial charge in [0.25, 0.3) is 5.91 Å². The third-order valence-electron chi connectivity index (χ3n) is 3.27. The lowest BCUT2D eigenvalue weighted by molar-refractivity contribution is 0.0987. The summed E-state index contributed by atoms with van der Waals surface area (Å²) in [7, 11) is 0. The molecule has 0 N–H and O–H groups in total. The van der Waals surface area contributed by atoms with Crippen molar-refractivity contribution >= 4 is 29.2 Å². The van der Waals surface area contributed by atoms with Crippen molar-refractivity contribution in [1.82, 2.24) is 4.37 Å². The molecule has 0 spiro atoms. The summed E-state index contributed by atoms with van der Waals surface area (Å²) in [5, 5.41) is 1.83. The van der Waals surface area contributed by atoms with Gasteiger partial charge in [-0.2, -0.15) is 4.37 Å². The van der Waals surface area contributed by atoms with Crippen LogP contribution in [0.25, 0.3) is 6.08 Å². The maximum absolute atomic E-state index is 12.7. The molecule has 19 heavy (non-hydrogen) atoms. The second kappa shape index (κ2) is 4.97. The lowest BCUT2D eigenvalue weighted by atomic mass is 10.1. The van der Waals surface area contributed by atoms with Crippen molar-refractivity contribution in [3.05, 3.63) is 52.5 Å². The summed E-state index contributed by atoms with van der Waals surface area (Å²) in [5.74, 6) is 0.0439. The van der Waals surface area contributed by atoms with Gasteiger partial charge in [-0.1, -0.05) is 30.4 Å². The zero-order chi connectivity index (χ0) is 13.2. The number of benzene rings is 1. The van der Waals surface area contributed by atoms with Crippen molar-refractivity contribution in [2.24, 2.45) is 0 Å². The number of nitrogens with zero attached hydrogens (tertiary/aromatic N) is 2. The molecule has 1 amide bonds. The Morgan fingerprint density at radius 2 is 2.21 bits per heavy atom. The minimum Gasteiger partial charge on any atom is -0.307 e. The van der Waals surface area contributed by atoms with Gasteiger partial charge in [0.2, 0.25) is 0 Å². The lowest BCUT2D eigenvalue weighted by Crippen LogP contribution is -2.32. The Labute approximate surface area is 116 Å². The number of fused-ring (bicyclic) bond motifs is 1. The number of anilines is 1. The molecule has 0 unspecified atom stereocenters. The van der Waals surface area contributed by atoms with E-state index in [1.807, 2.05) is 41.5 Å². The lowest BCUT2D eigenvalue weighted by Gasteiger charge is -2.22. The fraction of sp³-hybridized carbons (Fsp3) is 0.200. The molecule has 0 saturated carbocycles. The Morgan fingerprint density at radius 1 is 1.37 bits per heavy atom. The Morgan fingerprint density at radius 3 is 3.00 bits per heavy atom. The van der Waals surface area contributed by atoms with Crippen LogP contribution >= 0.6 is 11.5 Å². The van der Waals surface area contributed by atoms with E-state index < -0.39 is 0 Å². The maximum atomic E-state index is 12.7. The van der Waals surface area contributed by atoms with Crippen molar-refractivity contribution in [1.29, 1.82) is 0 Å². The fourth-order valence-electron chi connectivity index (χ4n) is 2.26. The molecule has 3 nitrogen and oxygen atoms in total. The van der Waals surface area contributed by atoms with Crippen LogP contribution in [0.3, 0.4) is 0 Å². The molecule has 3 rings (SSSR count). The smallest absolute Gasteiger partial charge is 0.261 e. The van der Waals surface area contributed by atoms with Crippen molar-refractivity contribution in [2.45, 2.75) is 13.3 Å². The highest BCUT2D eigenvalue weighted by molar-refractivity contribution is 7.04. The molecule has 0 radical (unpaired) electrons. The first-order valence-corrected chi connectivity index (χ1v) is 7.09. The van der Waals surface area contributed by atoms with E-state index in [0.29, 0.717) is 12.1 Å². The number of carbonyl (C=O) groups excluding carboxylic acids is 1. The van der Waals surface area contributed by atoms with Crippen LogP contribution in [0.4, 0.5) is 5.69 Å². The zero-order valence-corrected chi connectivity index (χ0v) is 11.5. The molecule has 1 aliphatic rings.